The molecule has 1 saturated heterocycles. The third kappa shape index (κ3) is 5.34. The van der Waals surface area contributed by atoms with Crippen molar-refractivity contribution in [3.63, 3.8) is 0 Å². The van der Waals surface area contributed by atoms with Crippen LogP contribution in [-0.4, -0.2) is 36.9 Å². The van der Waals surface area contributed by atoms with Gasteiger partial charge in [-0.15, -0.1) is 0 Å². The van der Waals surface area contributed by atoms with Crippen molar-refractivity contribution in [2.45, 2.75) is 32.7 Å². The smallest absolute Gasteiger partial charge is 0.253 e. The monoisotopic (exact) mass is 394 g/mol. The van der Waals surface area contributed by atoms with Crippen LogP contribution in [0.1, 0.15) is 37.0 Å². The number of rotatable bonds is 7. The van der Waals surface area contributed by atoms with E-state index in [2.05, 4.69) is 16.0 Å². The minimum Gasteiger partial charge on any atom is -0.376 e. The standard InChI is InChI=1S/C22H26N4O3/c1-15(2)24-22(29)18-6-3-4-7-19(18)25-20(27)14-23-16-9-11-17(12-10-16)26-13-5-8-21(26)28/h3-4,6-7,9-12,15,23H,5,8,13-14H2,1-2H3,(H,24,29)(H,25,27). The molecule has 1 aliphatic rings. The van der Waals surface area contributed by atoms with Gasteiger partial charge in [0.15, 0.2) is 0 Å². The summed E-state index contributed by atoms with van der Waals surface area (Å²) >= 11 is 0. The van der Waals surface area contributed by atoms with Crippen molar-refractivity contribution in [3.8, 4) is 0 Å². The number of para-hydroxylation sites is 1. The van der Waals surface area contributed by atoms with Crippen LogP contribution in [0, 0.1) is 0 Å². The Bertz CT molecular complexity index is 893. The number of nitrogens with zero attached hydrogens (tertiary/aromatic N) is 1. The largest absolute Gasteiger partial charge is 0.376 e. The molecule has 2 aromatic carbocycles. The summed E-state index contributed by atoms with van der Waals surface area (Å²) in [5, 5.41) is 8.67. The number of hydrogen-bond donors (Lipinski definition) is 3. The lowest BCUT2D eigenvalue weighted by Gasteiger charge is -2.16. The molecule has 0 unspecified atom stereocenters. The van der Waals surface area contributed by atoms with E-state index in [1.54, 1.807) is 29.2 Å². The fourth-order valence-corrected chi connectivity index (χ4v) is 3.19. The van der Waals surface area contributed by atoms with Gasteiger partial charge in [-0.1, -0.05) is 12.1 Å². The first-order valence-corrected chi connectivity index (χ1v) is 9.78. The number of carbonyl (C=O) groups is 3. The molecule has 7 heteroatoms. The minimum atomic E-state index is -0.256. The quantitative estimate of drug-likeness (QED) is 0.673. The number of anilines is 3. The molecule has 7 nitrogen and oxygen atoms in total. The third-order valence-electron chi connectivity index (χ3n) is 4.57. The molecule has 29 heavy (non-hydrogen) atoms. The fourth-order valence-electron chi connectivity index (χ4n) is 3.19. The van der Waals surface area contributed by atoms with Gasteiger partial charge in [0, 0.05) is 30.4 Å². The SMILES string of the molecule is CC(C)NC(=O)c1ccccc1NC(=O)CNc1ccc(N2CCCC2=O)cc1. The van der Waals surface area contributed by atoms with E-state index in [4.69, 9.17) is 0 Å². The van der Waals surface area contributed by atoms with Crippen molar-refractivity contribution in [1.82, 2.24) is 5.32 Å². The first-order valence-electron chi connectivity index (χ1n) is 9.78. The van der Waals surface area contributed by atoms with Gasteiger partial charge in [0.25, 0.3) is 5.91 Å². The van der Waals surface area contributed by atoms with Crippen molar-refractivity contribution < 1.29 is 14.4 Å². The van der Waals surface area contributed by atoms with Crippen LogP contribution < -0.4 is 20.9 Å². The molecule has 3 N–H and O–H groups in total. The molecule has 1 aliphatic heterocycles. The van der Waals surface area contributed by atoms with E-state index in [1.807, 2.05) is 38.1 Å². The van der Waals surface area contributed by atoms with Crippen LogP contribution in [-0.2, 0) is 9.59 Å². The summed E-state index contributed by atoms with van der Waals surface area (Å²) in [6.45, 7) is 4.57. The van der Waals surface area contributed by atoms with E-state index in [-0.39, 0.29) is 30.3 Å². The molecule has 0 spiro atoms. The van der Waals surface area contributed by atoms with E-state index in [0.717, 1.165) is 24.3 Å². The third-order valence-corrected chi connectivity index (χ3v) is 4.57. The Morgan fingerprint density at radius 1 is 1.07 bits per heavy atom. The zero-order valence-corrected chi connectivity index (χ0v) is 16.7. The summed E-state index contributed by atoms with van der Waals surface area (Å²) in [6, 6.07) is 14.4. The second-order valence-corrected chi connectivity index (χ2v) is 7.27. The minimum absolute atomic E-state index is 0.00625. The summed E-state index contributed by atoms with van der Waals surface area (Å²) in [5.74, 6) is -0.338. The summed E-state index contributed by atoms with van der Waals surface area (Å²) in [5.41, 5.74) is 2.54. The number of carbonyl (C=O) groups excluding carboxylic acids is 3. The highest BCUT2D eigenvalue weighted by Crippen LogP contribution is 2.23. The molecule has 3 rings (SSSR count). The highest BCUT2D eigenvalue weighted by atomic mass is 16.2. The van der Waals surface area contributed by atoms with Crippen LogP contribution in [0.5, 0.6) is 0 Å². The summed E-state index contributed by atoms with van der Waals surface area (Å²) in [4.78, 5) is 38.2. The Morgan fingerprint density at radius 2 is 1.79 bits per heavy atom. The van der Waals surface area contributed by atoms with Crippen LogP contribution in [0.4, 0.5) is 17.1 Å². The molecule has 152 valence electrons. The van der Waals surface area contributed by atoms with E-state index in [1.165, 1.54) is 0 Å². The lowest BCUT2D eigenvalue weighted by atomic mass is 10.1. The van der Waals surface area contributed by atoms with Crippen LogP contribution >= 0.6 is 0 Å². The van der Waals surface area contributed by atoms with Crippen molar-refractivity contribution >= 4 is 34.8 Å². The van der Waals surface area contributed by atoms with Crippen molar-refractivity contribution in [2.75, 3.05) is 28.6 Å². The van der Waals surface area contributed by atoms with Gasteiger partial charge in [-0.3, -0.25) is 14.4 Å². The first kappa shape index (κ1) is 20.4. The molecule has 1 heterocycles. The molecule has 0 aliphatic carbocycles. The number of nitrogens with one attached hydrogen (secondary N) is 3. The highest BCUT2D eigenvalue weighted by molar-refractivity contribution is 6.04. The molecule has 0 atom stereocenters. The molecule has 3 amide bonds. The van der Waals surface area contributed by atoms with Crippen molar-refractivity contribution in [3.05, 3.63) is 54.1 Å². The Balaban J connectivity index is 1.56. The van der Waals surface area contributed by atoms with Crippen LogP contribution in [0.2, 0.25) is 0 Å². The Morgan fingerprint density at radius 3 is 2.45 bits per heavy atom. The van der Waals surface area contributed by atoms with Gasteiger partial charge in [-0.05, 0) is 56.7 Å². The number of benzene rings is 2. The molecule has 2 aromatic rings. The average molecular weight is 394 g/mol. The van der Waals surface area contributed by atoms with Gasteiger partial charge in [0.05, 0.1) is 17.8 Å². The predicted octanol–water partition coefficient (Wildman–Crippen LogP) is 3.00. The lowest BCUT2D eigenvalue weighted by Crippen LogP contribution is -2.31. The van der Waals surface area contributed by atoms with Gasteiger partial charge < -0.3 is 20.9 Å². The van der Waals surface area contributed by atoms with Gasteiger partial charge in [-0.2, -0.15) is 0 Å². The Labute approximate surface area is 170 Å². The van der Waals surface area contributed by atoms with E-state index >= 15 is 0 Å². The molecular weight excluding hydrogens is 368 g/mol. The molecular formula is C22H26N4O3. The second kappa shape index (κ2) is 9.23. The summed E-state index contributed by atoms with van der Waals surface area (Å²) in [6.07, 6.45) is 1.48. The zero-order valence-electron chi connectivity index (χ0n) is 16.7. The Kier molecular flexibility index (Phi) is 6.49. The molecule has 0 saturated carbocycles. The van der Waals surface area contributed by atoms with Gasteiger partial charge in [0.2, 0.25) is 11.8 Å². The lowest BCUT2D eigenvalue weighted by molar-refractivity contribution is -0.117. The predicted molar refractivity (Wildman–Crippen MR) is 114 cm³/mol. The molecule has 0 bridgehead atoms. The number of hydrogen-bond acceptors (Lipinski definition) is 4. The highest BCUT2D eigenvalue weighted by Gasteiger charge is 2.21. The van der Waals surface area contributed by atoms with Crippen molar-refractivity contribution in [2.24, 2.45) is 0 Å². The zero-order chi connectivity index (χ0) is 20.8. The van der Waals surface area contributed by atoms with E-state index < -0.39 is 0 Å². The van der Waals surface area contributed by atoms with Crippen LogP contribution in [0.25, 0.3) is 0 Å². The average Bonchev–Trinajstić information content (AvgIpc) is 3.12. The summed E-state index contributed by atoms with van der Waals surface area (Å²) < 4.78 is 0. The summed E-state index contributed by atoms with van der Waals surface area (Å²) in [7, 11) is 0. The maximum absolute atomic E-state index is 12.3. The second-order valence-electron chi connectivity index (χ2n) is 7.27. The van der Waals surface area contributed by atoms with Gasteiger partial charge >= 0.3 is 0 Å². The van der Waals surface area contributed by atoms with Gasteiger partial charge in [0.1, 0.15) is 0 Å². The van der Waals surface area contributed by atoms with Crippen molar-refractivity contribution in [1.29, 1.82) is 0 Å². The molecule has 0 aromatic heterocycles. The maximum atomic E-state index is 12.3. The molecule has 0 radical (unpaired) electrons. The van der Waals surface area contributed by atoms with Crippen LogP contribution in [0.15, 0.2) is 48.5 Å². The molecule has 1 fully saturated rings. The number of amides is 3. The van der Waals surface area contributed by atoms with E-state index in [9.17, 15) is 14.4 Å². The van der Waals surface area contributed by atoms with E-state index in [0.29, 0.717) is 17.7 Å². The Hall–Kier alpha value is -3.35. The maximum Gasteiger partial charge on any atom is 0.253 e. The normalized spacial score (nSPS) is 13.5. The van der Waals surface area contributed by atoms with Gasteiger partial charge in [-0.25, -0.2) is 0 Å². The van der Waals surface area contributed by atoms with Crippen LogP contribution in [0.3, 0.4) is 0 Å². The fraction of sp³-hybridized carbons (Fsp3) is 0.318. The first-order chi connectivity index (χ1) is 13.9. The topological polar surface area (TPSA) is 90.5 Å².